The fraction of sp³-hybridized carbons (Fsp3) is 0.0769. The first kappa shape index (κ1) is 11.1. The van der Waals surface area contributed by atoms with E-state index in [-0.39, 0.29) is 5.78 Å². The summed E-state index contributed by atoms with van der Waals surface area (Å²) in [5.74, 6) is 1.31. The molecule has 0 unspecified atom stereocenters. The minimum atomic E-state index is -0.139. The van der Waals surface area contributed by atoms with Crippen LogP contribution in [0.1, 0.15) is 21.9 Å². The van der Waals surface area contributed by atoms with Crippen LogP contribution < -0.4 is 4.73 Å². The molecule has 0 aliphatic carbocycles. The summed E-state index contributed by atoms with van der Waals surface area (Å²) in [5.41, 5.74) is 0.509. The van der Waals surface area contributed by atoms with Crippen molar-refractivity contribution in [1.82, 2.24) is 0 Å². The predicted octanol–water partition coefficient (Wildman–Crippen LogP) is 2.01. The van der Waals surface area contributed by atoms with Crippen molar-refractivity contribution in [3.63, 3.8) is 0 Å². The molecule has 17 heavy (non-hydrogen) atoms. The highest BCUT2D eigenvalue weighted by atomic mass is 16.5. The van der Waals surface area contributed by atoms with E-state index < -0.39 is 0 Å². The Labute approximate surface area is 98.4 Å². The molecule has 86 valence electrons. The molecule has 4 heteroatoms. The zero-order valence-electron chi connectivity index (χ0n) is 9.33. The van der Waals surface area contributed by atoms with Gasteiger partial charge in [-0.1, -0.05) is 0 Å². The molecule has 0 aliphatic heterocycles. The average molecular weight is 230 g/mol. The van der Waals surface area contributed by atoms with Crippen molar-refractivity contribution in [3.05, 3.63) is 59.8 Å². The van der Waals surface area contributed by atoms with Crippen LogP contribution in [0.3, 0.4) is 0 Å². The standard InChI is InChI=1S/C13H12NO3/c1-10-2-3-12(17-10)4-5-13(15)11-6-8-14(16)9-7-11/h2-9,16H,1H3/q+1. The molecule has 0 radical (unpaired) electrons. The van der Waals surface area contributed by atoms with Gasteiger partial charge in [0.2, 0.25) is 12.4 Å². The van der Waals surface area contributed by atoms with Gasteiger partial charge in [-0.05, 0) is 31.2 Å². The smallest absolute Gasteiger partial charge is 0.223 e. The third-order valence-electron chi connectivity index (χ3n) is 2.26. The monoisotopic (exact) mass is 230 g/mol. The van der Waals surface area contributed by atoms with E-state index in [1.807, 2.05) is 13.0 Å². The lowest BCUT2D eigenvalue weighted by atomic mass is 10.1. The molecular formula is C13H12NO3+. The van der Waals surface area contributed by atoms with Crippen LogP contribution in [0.2, 0.25) is 0 Å². The van der Waals surface area contributed by atoms with Crippen LogP contribution in [-0.2, 0) is 0 Å². The highest BCUT2D eigenvalue weighted by molar-refractivity contribution is 6.06. The Balaban J connectivity index is 2.11. The van der Waals surface area contributed by atoms with Crippen LogP contribution in [-0.4, -0.2) is 11.0 Å². The van der Waals surface area contributed by atoms with Gasteiger partial charge in [-0.25, -0.2) is 0 Å². The molecule has 0 atom stereocenters. The van der Waals surface area contributed by atoms with Crippen molar-refractivity contribution >= 4 is 11.9 Å². The van der Waals surface area contributed by atoms with Gasteiger partial charge in [0.25, 0.3) is 0 Å². The van der Waals surface area contributed by atoms with E-state index in [2.05, 4.69) is 0 Å². The van der Waals surface area contributed by atoms with E-state index in [9.17, 15) is 4.79 Å². The van der Waals surface area contributed by atoms with Crippen LogP contribution >= 0.6 is 0 Å². The van der Waals surface area contributed by atoms with E-state index in [4.69, 9.17) is 9.62 Å². The number of rotatable bonds is 3. The van der Waals surface area contributed by atoms with Crippen LogP contribution in [0.25, 0.3) is 6.08 Å². The number of nitrogens with zero attached hydrogens (tertiary/aromatic N) is 1. The molecule has 0 aliphatic rings. The number of furan rings is 1. The number of aryl methyl sites for hydroxylation is 1. The van der Waals surface area contributed by atoms with Gasteiger partial charge < -0.3 is 4.42 Å². The second-order valence-electron chi connectivity index (χ2n) is 3.61. The number of carbonyl (C=O) groups is 1. The number of hydrogen-bond donors (Lipinski definition) is 1. The molecule has 0 bridgehead atoms. The molecule has 2 heterocycles. The van der Waals surface area contributed by atoms with Gasteiger partial charge >= 0.3 is 0 Å². The number of pyridine rings is 1. The second-order valence-corrected chi connectivity index (χ2v) is 3.61. The topological polar surface area (TPSA) is 54.3 Å². The lowest BCUT2D eigenvalue weighted by molar-refractivity contribution is -0.904. The molecule has 0 amide bonds. The van der Waals surface area contributed by atoms with Gasteiger partial charge in [0, 0.05) is 22.4 Å². The van der Waals surface area contributed by atoms with E-state index >= 15 is 0 Å². The molecule has 0 spiro atoms. The SMILES string of the molecule is Cc1ccc(C=CC(=O)c2cc[n+](O)cc2)o1. The van der Waals surface area contributed by atoms with Gasteiger partial charge in [0.1, 0.15) is 11.5 Å². The minimum absolute atomic E-state index is 0.139. The normalized spacial score (nSPS) is 10.9. The van der Waals surface area contributed by atoms with Crippen molar-refractivity contribution in [2.45, 2.75) is 6.92 Å². The zero-order valence-corrected chi connectivity index (χ0v) is 9.33. The Kier molecular flexibility index (Phi) is 3.05. The molecule has 2 aromatic rings. The summed E-state index contributed by atoms with van der Waals surface area (Å²) in [6, 6.07) is 6.72. The average Bonchev–Trinajstić information content (AvgIpc) is 2.73. The van der Waals surface area contributed by atoms with Gasteiger partial charge in [-0.15, -0.1) is 0 Å². The van der Waals surface area contributed by atoms with Crippen molar-refractivity contribution in [3.8, 4) is 0 Å². The molecular weight excluding hydrogens is 218 g/mol. The summed E-state index contributed by atoms with van der Waals surface area (Å²) in [6.07, 6.45) is 5.86. The van der Waals surface area contributed by atoms with Gasteiger partial charge in [0.15, 0.2) is 5.78 Å². The Morgan fingerprint density at radius 2 is 2.00 bits per heavy atom. The van der Waals surface area contributed by atoms with Gasteiger partial charge in [-0.3, -0.25) is 10.0 Å². The molecule has 0 saturated heterocycles. The lowest BCUT2D eigenvalue weighted by Gasteiger charge is -1.91. The van der Waals surface area contributed by atoms with E-state index in [1.54, 1.807) is 24.3 Å². The first-order valence-corrected chi connectivity index (χ1v) is 5.14. The number of hydrogen-bond acceptors (Lipinski definition) is 3. The maximum Gasteiger partial charge on any atom is 0.223 e. The summed E-state index contributed by atoms with van der Waals surface area (Å²) < 4.78 is 6.19. The Hall–Kier alpha value is -2.36. The second kappa shape index (κ2) is 4.65. The quantitative estimate of drug-likeness (QED) is 0.380. The number of allylic oxidation sites excluding steroid dienone is 1. The number of carbonyl (C=O) groups excluding carboxylic acids is 1. The molecule has 0 aromatic carbocycles. The number of aromatic nitrogens is 1. The molecule has 4 nitrogen and oxygen atoms in total. The predicted molar refractivity (Wildman–Crippen MR) is 60.6 cm³/mol. The molecule has 2 rings (SSSR count). The highest BCUT2D eigenvalue weighted by Gasteiger charge is 2.04. The van der Waals surface area contributed by atoms with Crippen LogP contribution in [0.4, 0.5) is 0 Å². The Morgan fingerprint density at radius 1 is 1.29 bits per heavy atom. The number of ketones is 1. The summed E-state index contributed by atoms with van der Waals surface area (Å²) in [5, 5.41) is 9.02. The van der Waals surface area contributed by atoms with Crippen molar-refractivity contribution in [2.24, 2.45) is 0 Å². The van der Waals surface area contributed by atoms with Crippen LogP contribution in [0, 0.1) is 6.92 Å². The van der Waals surface area contributed by atoms with E-state index in [0.29, 0.717) is 11.3 Å². The molecule has 2 aromatic heterocycles. The fourth-order valence-electron chi connectivity index (χ4n) is 1.38. The van der Waals surface area contributed by atoms with Crippen molar-refractivity contribution in [1.29, 1.82) is 0 Å². The highest BCUT2D eigenvalue weighted by Crippen LogP contribution is 2.09. The van der Waals surface area contributed by atoms with Crippen molar-refractivity contribution in [2.75, 3.05) is 0 Å². The summed E-state index contributed by atoms with van der Waals surface area (Å²) in [7, 11) is 0. The fourth-order valence-corrected chi connectivity index (χ4v) is 1.38. The molecule has 0 fully saturated rings. The maximum atomic E-state index is 11.7. The Bertz CT molecular complexity index is 552. The molecule has 0 saturated carbocycles. The third kappa shape index (κ3) is 2.81. The maximum absolute atomic E-state index is 11.7. The first-order chi connectivity index (χ1) is 8.15. The summed E-state index contributed by atoms with van der Waals surface area (Å²) in [4.78, 5) is 11.7. The first-order valence-electron chi connectivity index (χ1n) is 5.14. The third-order valence-corrected chi connectivity index (χ3v) is 2.26. The largest absolute Gasteiger partial charge is 0.462 e. The van der Waals surface area contributed by atoms with Crippen molar-refractivity contribution < 1.29 is 19.1 Å². The zero-order chi connectivity index (χ0) is 12.3. The van der Waals surface area contributed by atoms with Gasteiger partial charge in [-0.2, -0.15) is 0 Å². The summed E-state index contributed by atoms with van der Waals surface area (Å²) >= 11 is 0. The van der Waals surface area contributed by atoms with E-state index in [0.717, 1.165) is 10.5 Å². The lowest BCUT2D eigenvalue weighted by Crippen LogP contribution is -2.28. The van der Waals surface area contributed by atoms with Crippen LogP contribution in [0.5, 0.6) is 0 Å². The van der Waals surface area contributed by atoms with Gasteiger partial charge in [0.05, 0.1) is 0 Å². The Morgan fingerprint density at radius 3 is 2.59 bits per heavy atom. The minimum Gasteiger partial charge on any atom is -0.462 e. The molecule has 1 N–H and O–H groups in total. The van der Waals surface area contributed by atoms with Crippen LogP contribution in [0.15, 0.2) is 47.2 Å². The summed E-state index contributed by atoms with van der Waals surface area (Å²) in [6.45, 7) is 1.84. The van der Waals surface area contributed by atoms with E-state index in [1.165, 1.54) is 18.5 Å².